The average molecular weight is 248 g/mol. The standard InChI is InChI=1S/C12H16N4O2/c1-9(2)16(5-3-4-12(17)18)11-8-14-10(6-13)7-15-11/h7-9H,3-5H2,1-2H3,(H,17,18). The van der Waals surface area contributed by atoms with E-state index in [4.69, 9.17) is 10.4 Å². The Morgan fingerprint density at radius 3 is 2.67 bits per heavy atom. The number of rotatable bonds is 6. The maximum absolute atomic E-state index is 10.5. The normalized spacial score (nSPS) is 10.1. The minimum absolute atomic E-state index is 0.132. The minimum Gasteiger partial charge on any atom is -0.481 e. The second-order valence-electron chi connectivity index (χ2n) is 4.16. The van der Waals surface area contributed by atoms with Crippen molar-refractivity contribution >= 4 is 11.8 Å². The van der Waals surface area contributed by atoms with E-state index in [1.54, 1.807) is 6.20 Å². The Labute approximate surface area is 106 Å². The van der Waals surface area contributed by atoms with Crippen LogP contribution in [0.4, 0.5) is 5.82 Å². The number of carboxylic acid groups (broad SMARTS) is 1. The van der Waals surface area contributed by atoms with E-state index < -0.39 is 5.97 Å². The lowest BCUT2D eigenvalue weighted by molar-refractivity contribution is -0.137. The fraction of sp³-hybridized carbons (Fsp3) is 0.500. The van der Waals surface area contributed by atoms with Gasteiger partial charge in [-0.15, -0.1) is 0 Å². The summed E-state index contributed by atoms with van der Waals surface area (Å²) in [5.74, 6) is -0.140. The molecule has 0 saturated carbocycles. The molecule has 6 nitrogen and oxygen atoms in total. The van der Waals surface area contributed by atoms with Crippen molar-refractivity contribution in [3.63, 3.8) is 0 Å². The van der Waals surface area contributed by atoms with E-state index in [9.17, 15) is 4.79 Å². The maximum Gasteiger partial charge on any atom is 0.303 e. The molecule has 96 valence electrons. The quantitative estimate of drug-likeness (QED) is 0.819. The molecule has 0 aliphatic carbocycles. The van der Waals surface area contributed by atoms with E-state index in [1.165, 1.54) is 6.20 Å². The van der Waals surface area contributed by atoms with E-state index in [1.807, 2.05) is 24.8 Å². The summed E-state index contributed by atoms with van der Waals surface area (Å²) in [5.41, 5.74) is 0.271. The lowest BCUT2D eigenvalue weighted by Gasteiger charge is -2.27. The van der Waals surface area contributed by atoms with Gasteiger partial charge in [-0.25, -0.2) is 9.97 Å². The van der Waals surface area contributed by atoms with Crippen LogP contribution < -0.4 is 4.90 Å². The summed E-state index contributed by atoms with van der Waals surface area (Å²) in [4.78, 5) is 20.6. The Balaban J connectivity index is 2.71. The lowest BCUT2D eigenvalue weighted by atomic mass is 10.2. The molecule has 0 aliphatic heterocycles. The van der Waals surface area contributed by atoms with Crippen LogP contribution in [0.1, 0.15) is 32.4 Å². The van der Waals surface area contributed by atoms with Crippen molar-refractivity contribution in [2.75, 3.05) is 11.4 Å². The monoisotopic (exact) mass is 248 g/mol. The molecule has 6 heteroatoms. The first kappa shape index (κ1) is 13.9. The van der Waals surface area contributed by atoms with Gasteiger partial charge < -0.3 is 10.0 Å². The summed E-state index contributed by atoms with van der Waals surface area (Å²) in [6, 6.07) is 2.11. The fourth-order valence-corrected chi connectivity index (χ4v) is 1.57. The SMILES string of the molecule is CC(C)N(CCCC(=O)O)c1cnc(C#N)cn1. The van der Waals surface area contributed by atoms with Crippen LogP contribution >= 0.6 is 0 Å². The van der Waals surface area contributed by atoms with Crippen molar-refractivity contribution in [2.24, 2.45) is 0 Å². The first-order valence-electron chi connectivity index (χ1n) is 5.75. The van der Waals surface area contributed by atoms with Gasteiger partial charge in [0.15, 0.2) is 5.69 Å². The van der Waals surface area contributed by atoms with Crippen molar-refractivity contribution in [1.29, 1.82) is 5.26 Å². The summed E-state index contributed by atoms with van der Waals surface area (Å²) >= 11 is 0. The molecule has 1 aromatic heterocycles. The molecule has 0 spiro atoms. The highest BCUT2D eigenvalue weighted by atomic mass is 16.4. The smallest absolute Gasteiger partial charge is 0.303 e. The van der Waals surface area contributed by atoms with Crippen LogP contribution in [0, 0.1) is 11.3 Å². The van der Waals surface area contributed by atoms with Crippen LogP contribution in [-0.2, 0) is 4.79 Å². The second kappa shape index (κ2) is 6.55. The summed E-state index contributed by atoms with van der Waals surface area (Å²) in [6.07, 6.45) is 3.64. The number of carbonyl (C=O) groups is 1. The number of nitriles is 1. The molecule has 0 amide bonds. The zero-order valence-electron chi connectivity index (χ0n) is 10.5. The van der Waals surface area contributed by atoms with Crippen LogP contribution in [0.25, 0.3) is 0 Å². The molecule has 1 aromatic rings. The van der Waals surface area contributed by atoms with Crippen molar-refractivity contribution in [1.82, 2.24) is 9.97 Å². The molecule has 18 heavy (non-hydrogen) atoms. The highest BCUT2D eigenvalue weighted by Crippen LogP contribution is 2.13. The average Bonchev–Trinajstić information content (AvgIpc) is 2.34. The van der Waals surface area contributed by atoms with Gasteiger partial charge in [-0.1, -0.05) is 0 Å². The van der Waals surface area contributed by atoms with Gasteiger partial charge in [0.1, 0.15) is 11.9 Å². The molecular weight excluding hydrogens is 232 g/mol. The summed E-state index contributed by atoms with van der Waals surface area (Å²) in [6.45, 7) is 4.60. The minimum atomic E-state index is -0.801. The molecule has 1 N–H and O–H groups in total. The molecule has 0 atom stereocenters. The first-order valence-corrected chi connectivity index (χ1v) is 5.75. The molecule has 1 heterocycles. The number of aliphatic carboxylic acids is 1. The van der Waals surface area contributed by atoms with E-state index in [2.05, 4.69) is 9.97 Å². The van der Waals surface area contributed by atoms with Crippen molar-refractivity contribution in [2.45, 2.75) is 32.7 Å². The van der Waals surface area contributed by atoms with Crippen LogP contribution in [0.3, 0.4) is 0 Å². The van der Waals surface area contributed by atoms with Gasteiger partial charge in [-0.2, -0.15) is 5.26 Å². The number of anilines is 1. The summed E-state index contributed by atoms with van der Waals surface area (Å²) < 4.78 is 0. The maximum atomic E-state index is 10.5. The van der Waals surface area contributed by atoms with Gasteiger partial charge in [0, 0.05) is 19.0 Å². The predicted molar refractivity (Wildman–Crippen MR) is 66.1 cm³/mol. The zero-order valence-corrected chi connectivity index (χ0v) is 10.5. The van der Waals surface area contributed by atoms with Gasteiger partial charge in [-0.05, 0) is 20.3 Å². The third-order valence-corrected chi connectivity index (χ3v) is 2.46. The molecule has 0 radical (unpaired) electrons. The Hall–Kier alpha value is -2.16. The zero-order chi connectivity index (χ0) is 13.5. The molecule has 0 saturated heterocycles. The number of hydrogen-bond acceptors (Lipinski definition) is 5. The molecule has 0 aromatic carbocycles. The Morgan fingerprint density at radius 2 is 2.22 bits per heavy atom. The number of nitrogens with zero attached hydrogens (tertiary/aromatic N) is 4. The largest absolute Gasteiger partial charge is 0.481 e. The van der Waals surface area contributed by atoms with Gasteiger partial charge in [0.25, 0.3) is 0 Å². The van der Waals surface area contributed by atoms with Crippen LogP contribution in [0.5, 0.6) is 0 Å². The topological polar surface area (TPSA) is 90.1 Å². The lowest BCUT2D eigenvalue weighted by Crippen LogP contribution is -2.32. The van der Waals surface area contributed by atoms with Crippen LogP contribution in [0.15, 0.2) is 12.4 Å². The Kier molecular flexibility index (Phi) is 5.06. The molecule has 1 rings (SSSR count). The van der Waals surface area contributed by atoms with Crippen molar-refractivity contribution in [3.8, 4) is 6.07 Å². The number of hydrogen-bond donors (Lipinski definition) is 1. The van der Waals surface area contributed by atoms with Gasteiger partial charge in [0.2, 0.25) is 0 Å². The third-order valence-electron chi connectivity index (χ3n) is 2.46. The summed E-state index contributed by atoms with van der Waals surface area (Å²) in [5, 5.41) is 17.3. The summed E-state index contributed by atoms with van der Waals surface area (Å²) in [7, 11) is 0. The highest BCUT2D eigenvalue weighted by molar-refractivity contribution is 5.66. The molecular formula is C12H16N4O2. The Bertz CT molecular complexity index is 436. The highest BCUT2D eigenvalue weighted by Gasteiger charge is 2.12. The van der Waals surface area contributed by atoms with Crippen LogP contribution in [0.2, 0.25) is 0 Å². The molecule has 0 bridgehead atoms. The van der Waals surface area contributed by atoms with E-state index >= 15 is 0 Å². The number of aromatic nitrogens is 2. The Morgan fingerprint density at radius 1 is 1.50 bits per heavy atom. The van der Waals surface area contributed by atoms with Gasteiger partial charge >= 0.3 is 5.97 Å². The molecule has 0 aliphatic rings. The van der Waals surface area contributed by atoms with Crippen molar-refractivity contribution in [3.05, 3.63) is 18.1 Å². The second-order valence-corrected chi connectivity index (χ2v) is 4.16. The van der Waals surface area contributed by atoms with E-state index in [-0.39, 0.29) is 18.2 Å². The van der Waals surface area contributed by atoms with Gasteiger partial charge in [-0.3, -0.25) is 4.79 Å². The van der Waals surface area contributed by atoms with Crippen molar-refractivity contribution < 1.29 is 9.90 Å². The number of carboxylic acids is 1. The van der Waals surface area contributed by atoms with Crippen LogP contribution in [-0.4, -0.2) is 33.6 Å². The predicted octanol–water partition coefficient (Wildman–Crippen LogP) is 1.43. The van der Waals surface area contributed by atoms with Gasteiger partial charge in [0.05, 0.1) is 12.4 Å². The van der Waals surface area contributed by atoms with E-state index in [0.717, 1.165) is 0 Å². The first-order chi connectivity index (χ1) is 8.54. The molecule has 0 unspecified atom stereocenters. The fourth-order valence-electron chi connectivity index (χ4n) is 1.57. The molecule has 0 fully saturated rings. The third kappa shape index (κ3) is 4.01. The van der Waals surface area contributed by atoms with E-state index in [0.29, 0.717) is 18.8 Å².